The zero-order valence-electron chi connectivity index (χ0n) is 11.6. The number of halogens is 2. The van der Waals surface area contributed by atoms with Crippen LogP contribution in [0, 0.1) is 5.82 Å². The number of nitrogens with zero attached hydrogens (tertiary/aromatic N) is 3. The van der Waals surface area contributed by atoms with Crippen LogP contribution < -0.4 is 5.73 Å². The van der Waals surface area contributed by atoms with Crippen LogP contribution in [0.5, 0.6) is 0 Å². The second-order valence-electron chi connectivity index (χ2n) is 4.79. The van der Waals surface area contributed by atoms with Crippen LogP contribution in [0.4, 0.5) is 4.39 Å². The monoisotopic (exact) mass is 340 g/mol. The molecule has 0 spiro atoms. The number of aryl methyl sites for hydroxylation is 1. The van der Waals surface area contributed by atoms with E-state index in [1.165, 1.54) is 6.07 Å². The molecule has 1 aromatic heterocycles. The Morgan fingerprint density at radius 2 is 2.25 bits per heavy atom. The van der Waals surface area contributed by atoms with Gasteiger partial charge in [0.15, 0.2) is 0 Å². The highest BCUT2D eigenvalue weighted by Crippen LogP contribution is 2.25. The second-order valence-corrected chi connectivity index (χ2v) is 5.70. The van der Waals surface area contributed by atoms with Gasteiger partial charge in [0.2, 0.25) is 0 Å². The zero-order valence-corrected chi connectivity index (χ0v) is 13.1. The fourth-order valence-electron chi connectivity index (χ4n) is 2.20. The van der Waals surface area contributed by atoms with E-state index < -0.39 is 0 Å². The normalized spacial score (nSPS) is 12.9. The predicted molar refractivity (Wildman–Crippen MR) is 80.6 cm³/mol. The third-order valence-electron chi connectivity index (χ3n) is 3.38. The zero-order chi connectivity index (χ0) is 14.7. The van der Waals surface area contributed by atoms with E-state index in [1.54, 1.807) is 18.3 Å². The lowest BCUT2D eigenvalue weighted by Gasteiger charge is -2.27. The molecule has 0 radical (unpaired) electrons. The maximum atomic E-state index is 14.0. The van der Waals surface area contributed by atoms with Crippen molar-refractivity contribution in [1.29, 1.82) is 0 Å². The third-order valence-corrected chi connectivity index (χ3v) is 3.88. The molecule has 1 unspecified atom stereocenters. The average molecular weight is 341 g/mol. The molecule has 0 aliphatic rings. The molecule has 0 saturated heterocycles. The Kier molecular flexibility index (Phi) is 4.91. The molecule has 0 amide bonds. The van der Waals surface area contributed by atoms with E-state index in [0.717, 1.165) is 10.3 Å². The second kappa shape index (κ2) is 6.47. The largest absolute Gasteiger partial charge is 0.337 e. The highest BCUT2D eigenvalue weighted by atomic mass is 79.9. The summed E-state index contributed by atoms with van der Waals surface area (Å²) in [6, 6.07) is 4.73. The van der Waals surface area contributed by atoms with Gasteiger partial charge < -0.3 is 10.3 Å². The number of hydrogen-bond acceptors (Lipinski definition) is 3. The number of imidazole rings is 1. The van der Waals surface area contributed by atoms with Crippen LogP contribution in [-0.2, 0) is 13.6 Å². The summed E-state index contributed by atoms with van der Waals surface area (Å²) in [6.45, 7) is 0.950. The molecular weight excluding hydrogens is 323 g/mol. The molecular formula is C14H18BrFN4. The van der Waals surface area contributed by atoms with Gasteiger partial charge in [0, 0.05) is 36.0 Å². The highest BCUT2D eigenvalue weighted by Gasteiger charge is 2.20. The predicted octanol–water partition coefficient (Wildman–Crippen LogP) is 2.45. The number of rotatable bonds is 5. The van der Waals surface area contributed by atoms with Gasteiger partial charge in [0.25, 0.3) is 0 Å². The van der Waals surface area contributed by atoms with Crippen molar-refractivity contribution >= 4 is 15.9 Å². The average Bonchev–Trinajstić information content (AvgIpc) is 2.80. The van der Waals surface area contributed by atoms with Crippen molar-refractivity contribution in [2.75, 3.05) is 13.6 Å². The molecule has 1 atom stereocenters. The summed E-state index contributed by atoms with van der Waals surface area (Å²) in [5, 5.41) is 0. The Bertz CT molecular complexity index is 584. The molecule has 0 saturated carbocycles. The Morgan fingerprint density at radius 3 is 2.85 bits per heavy atom. The number of aromatic nitrogens is 2. The smallest absolute Gasteiger partial charge is 0.128 e. The standard InChI is InChI=1S/C14H18BrFN4/c1-19-6-5-18-14(19)9-20(2)13(8-17)11-7-10(15)3-4-12(11)16/h3-7,13H,8-9,17H2,1-2H3. The topological polar surface area (TPSA) is 47.1 Å². The quantitative estimate of drug-likeness (QED) is 0.909. The van der Waals surface area contributed by atoms with E-state index in [9.17, 15) is 4.39 Å². The first kappa shape index (κ1) is 15.2. The van der Waals surface area contributed by atoms with Crippen molar-refractivity contribution in [2.45, 2.75) is 12.6 Å². The molecule has 1 heterocycles. The summed E-state index contributed by atoms with van der Waals surface area (Å²) < 4.78 is 16.8. The first-order valence-corrected chi connectivity index (χ1v) is 7.13. The van der Waals surface area contributed by atoms with Gasteiger partial charge in [-0.15, -0.1) is 0 Å². The maximum absolute atomic E-state index is 14.0. The Balaban J connectivity index is 2.23. The van der Waals surface area contributed by atoms with Crippen molar-refractivity contribution in [1.82, 2.24) is 14.5 Å². The number of hydrogen-bond donors (Lipinski definition) is 1. The van der Waals surface area contributed by atoms with Gasteiger partial charge >= 0.3 is 0 Å². The Morgan fingerprint density at radius 1 is 1.50 bits per heavy atom. The Labute approximate surface area is 126 Å². The summed E-state index contributed by atoms with van der Waals surface area (Å²) in [4.78, 5) is 6.29. The molecule has 6 heteroatoms. The van der Waals surface area contributed by atoms with Crippen molar-refractivity contribution < 1.29 is 4.39 Å². The molecule has 20 heavy (non-hydrogen) atoms. The lowest BCUT2D eigenvalue weighted by molar-refractivity contribution is 0.229. The van der Waals surface area contributed by atoms with E-state index in [4.69, 9.17) is 5.73 Å². The van der Waals surface area contributed by atoms with Gasteiger partial charge in [-0.25, -0.2) is 9.37 Å². The summed E-state index contributed by atoms with van der Waals surface area (Å²) in [5.74, 6) is 0.677. The van der Waals surface area contributed by atoms with Crippen LogP contribution in [0.25, 0.3) is 0 Å². The van der Waals surface area contributed by atoms with E-state index >= 15 is 0 Å². The molecule has 0 fully saturated rings. The lowest BCUT2D eigenvalue weighted by Crippen LogP contribution is -2.31. The fourth-order valence-corrected chi connectivity index (χ4v) is 2.58. The molecule has 2 rings (SSSR count). The summed E-state index contributed by atoms with van der Waals surface area (Å²) in [6.07, 6.45) is 3.64. The van der Waals surface area contributed by atoms with E-state index in [1.807, 2.05) is 29.8 Å². The highest BCUT2D eigenvalue weighted by molar-refractivity contribution is 9.10. The molecule has 1 aromatic carbocycles. The summed E-state index contributed by atoms with van der Waals surface area (Å²) >= 11 is 3.37. The SMILES string of the molecule is CN(Cc1nccn1C)C(CN)c1cc(Br)ccc1F. The van der Waals surface area contributed by atoms with Crippen LogP contribution in [-0.4, -0.2) is 28.0 Å². The van der Waals surface area contributed by atoms with Crippen LogP contribution in [0.2, 0.25) is 0 Å². The fraction of sp³-hybridized carbons (Fsp3) is 0.357. The number of nitrogens with two attached hydrogens (primary N) is 1. The van der Waals surface area contributed by atoms with Crippen molar-refractivity contribution in [3.63, 3.8) is 0 Å². The molecule has 0 aliphatic heterocycles. The van der Waals surface area contributed by atoms with Crippen molar-refractivity contribution in [2.24, 2.45) is 12.8 Å². The summed E-state index contributed by atoms with van der Waals surface area (Å²) in [7, 11) is 3.86. The maximum Gasteiger partial charge on any atom is 0.128 e. The van der Waals surface area contributed by atoms with Gasteiger partial charge in [0.05, 0.1) is 12.6 Å². The van der Waals surface area contributed by atoms with E-state index in [2.05, 4.69) is 20.9 Å². The van der Waals surface area contributed by atoms with Gasteiger partial charge in [-0.1, -0.05) is 15.9 Å². The minimum Gasteiger partial charge on any atom is -0.337 e. The molecule has 2 aromatic rings. The molecule has 4 nitrogen and oxygen atoms in total. The van der Waals surface area contributed by atoms with Gasteiger partial charge in [-0.05, 0) is 25.2 Å². The van der Waals surface area contributed by atoms with E-state index in [0.29, 0.717) is 18.7 Å². The summed E-state index contributed by atoms with van der Waals surface area (Å²) in [5.41, 5.74) is 6.44. The first-order valence-electron chi connectivity index (χ1n) is 6.34. The van der Waals surface area contributed by atoms with Crippen LogP contribution in [0.15, 0.2) is 35.1 Å². The molecule has 2 N–H and O–H groups in total. The number of benzene rings is 1. The number of likely N-dealkylation sites (N-methyl/N-ethyl adjacent to an activating group) is 1. The van der Waals surface area contributed by atoms with Crippen molar-refractivity contribution in [3.05, 3.63) is 52.3 Å². The minimum absolute atomic E-state index is 0.191. The Hall–Kier alpha value is -1.24. The molecule has 0 aliphatic carbocycles. The van der Waals surface area contributed by atoms with E-state index in [-0.39, 0.29) is 11.9 Å². The van der Waals surface area contributed by atoms with Gasteiger partial charge in [0.1, 0.15) is 11.6 Å². The lowest BCUT2D eigenvalue weighted by atomic mass is 10.1. The molecule has 108 valence electrons. The first-order chi connectivity index (χ1) is 9.52. The van der Waals surface area contributed by atoms with Gasteiger partial charge in [-0.2, -0.15) is 0 Å². The van der Waals surface area contributed by atoms with Crippen LogP contribution >= 0.6 is 15.9 Å². The minimum atomic E-state index is -0.240. The van der Waals surface area contributed by atoms with Crippen LogP contribution in [0.3, 0.4) is 0 Å². The third kappa shape index (κ3) is 3.26. The van der Waals surface area contributed by atoms with Gasteiger partial charge in [-0.3, -0.25) is 4.90 Å². The molecule has 0 bridgehead atoms. The van der Waals surface area contributed by atoms with Crippen LogP contribution in [0.1, 0.15) is 17.4 Å². The van der Waals surface area contributed by atoms with Crippen molar-refractivity contribution in [3.8, 4) is 0 Å².